The quantitative estimate of drug-likeness (QED) is 0.145. The minimum Gasteiger partial charge on any atom is -0.437 e. The van der Waals surface area contributed by atoms with E-state index < -0.39 is 6.85 Å². The molecule has 0 N–H and O–H groups in total. The van der Waals surface area contributed by atoms with Gasteiger partial charge in [-0.1, -0.05) is 146 Å². The summed E-state index contributed by atoms with van der Waals surface area (Å²) in [5.74, 6) is 0. The topological polar surface area (TPSA) is 157 Å². The number of anilines is 1. The van der Waals surface area contributed by atoms with Crippen LogP contribution in [0.5, 0.6) is 0 Å². The van der Waals surface area contributed by atoms with Gasteiger partial charge in [0.25, 0.3) is 0 Å². The molecule has 24 aromatic rings. The summed E-state index contributed by atoms with van der Waals surface area (Å²) in [6.45, 7) is 14.7. The highest BCUT2D eigenvalue weighted by Crippen LogP contribution is 2.45. The lowest BCUT2D eigenvalue weighted by Gasteiger charge is -2.28. The zero-order valence-corrected chi connectivity index (χ0v) is 73.5. The van der Waals surface area contributed by atoms with Crippen molar-refractivity contribution in [1.29, 1.82) is 0 Å². The minimum absolute atomic E-state index is 0.254. The molecule has 10 aromatic carbocycles. The van der Waals surface area contributed by atoms with E-state index in [1.54, 1.807) is 6.07 Å². The molecule has 17 heteroatoms. The number of pyridine rings is 8. The van der Waals surface area contributed by atoms with E-state index >= 15 is 0 Å². The molecular weight excluding hydrogens is 1580 g/mol. The fourth-order valence-corrected chi connectivity index (χ4v) is 18.3. The third kappa shape index (κ3) is 13.8. The maximum atomic E-state index is 8.11. The number of aromatic nitrogens is 10. The summed E-state index contributed by atoms with van der Waals surface area (Å²) >= 11 is 0. The molecule has 0 amide bonds. The number of furan rings is 5. The van der Waals surface area contributed by atoms with E-state index in [1.807, 2.05) is 176 Å². The molecule has 0 unspecified atom stereocenters. The summed E-state index contributed by atoms with van der Waals surface area (Å²) in [4.78, 5) is 28.1. The van der Waals surface area contributed by atoms with Gasteiger partial charge in [-0.15, -0.1) is 9.36 Å². The Labute approximate surface area is 742 Å². The second-order valence-corrected chi connectivity index (χ2v) is 33.7. The van der Waals surface area contributed by atoms with Crippen LogP contribution in [0.2, 0.25) is 0 Å². The molecule has 14 aromatic heterocycles. The zero-order valence-electron chi connectivity index (χ0n) is 76.5. The SMILES string of the molecule is CCc1cc[n+](C)c(-c2c(C)ccc3c2oc2nc4ccccc4cc23)c1.Cc1cc[n+](C)c(-c2c(C)ccc3c2oc2nc4ccccc4cc23)c1.Cc1ccc2c(oc3nc4ccccc4cc32)c1-n1ccc[n+]1C.Cc1ccc2c(oc3nc4ccccc4cc32)c1N1C=CN(C)[C@@H]1C.[2H]C([2H])([2H])c1cc(C)c(-c2cccc[n+]2C)c2oc3nc4ccccc4cc3c12. The third-order valence-corrected chi connectivity index (χ3v) is 25.3. The second kappa shape index (κ2) is 31.8. The van der Waals surface area contributed by atoms with Crippen molar-refractivity contribution < 1.29 is 44.6 Å². The summed E-state index contributed by atoms with van der Waals surface area (Å²) in [5.41, 5.74) is 29.1. The van der Waals surface area contributed by atoms with Gasteiger partial charge in [-0.2, -0.15) is 0 Å². The van der Waals surface area contributed by atoms with Crippen molar-refractivity contribution in [2.45, 2.75) is 74.8 Å². The number of hydrogen-bond acceptors (Lipinski definition) is 12. The molecular formula is C111H94N12O5+4. The minimum atomic E-state index is -2.26. The van der Waals surface area contributed by atoms with Gasteiger partial charge < -0.3 is 31.9 Å². The van der Waals surface area contributed by atoms with Crippen molar-refractivity contribution in [3.63, 3.8) is 0 Å². The van der Waals surface area contributed by atoms with Crippen molar-refractivity contribution in [3.05, 3.63) is 343 Å². The molecule has 15 heterocycles. The summed E-state index contributed by atoms with van der Waals surface area (Å²) < 4.78 is 66.1. The van der Waals surface area contributed by atoms with E-state index in [2.05, 4.69) is 244 Å². The first-order valence-electron chi connectivity index (χ1n) is 44.7. The van der Waals surface area contributed by atoms with Gasteiger partial charge in [0.15, 0.2) is 65.4 Å². The van der Waals surface area contributed by atoms with Crippen LogP contribution in [0.25, 0.3) is 204 Å². The normalized spacial score (nSPS) is 13.3. The average Bonchev–Trinajstić information content (AvgIpc) is 1.54. The Kier molecular flexibility index (Phi) is 18.9. The Hall–Kier alpha value is -15.8. The number of para-hydroxylation sites is 5. The van der Waals surface area contributed by atoms with Crippen molar-refractivity contribution >= 4 is 171 Å². The van der Waals surface area contributed by atoms with Crippen LogP contribution in [0.4, 0.5) is 5.69 Å². The fourth-order valence-electron chi connectivity index (χ4n) is 18.3. The molecule has 1 aliphatic heterocycles. The number of fused-ring (bicyclic) bond motifs is 20. The van der Waals surface area contributed by atoms with Gasteiger partial charge in [0.1, 0.15) is 27.3 Å². The summed E-state index contributed by atoms with van der Waals surface area (Å²) in [5, 5.41) is 15.5. The third-order valence-electron chi connectivity index (χ3n) is 25.3. The molecule has 1 aliphatic rings. The Morgan fingerprint density at radius 1 is 0.344 bits per heavy atom. The molecule has 0 fully saturated rings. The molecule has 624 valence electrons. The van der Waals surface area contributed by atoms with Gasteiger partial charge in [-0.25, -0.2) is 38.6 Å². The van der Waals surface area contributed by atoms with E-state index in [9.17, 15) is 0 Å². The fraction of sp³-hybridized carbons (Fsp3) is 0.144. The van der Waals surface area contributed by atoms with Crippen LogP contribution in [-0.2, 0) is 34.6 Å². The van der Waals surface area contributed by atoms with Crippen molar-refractivity contribution in [2.75, 3.05) is 11.9 Å². The smallest absolute Gasteiger partial charge is 0.228 e. The highest BCUT2D eigenvalue weighted by molar-refractivity contribution is 6.16. The molecule has 0 aliphatic carbocycles. The molecule has 0 saturated carbocycles. The molecule has 25 rings (SSSR count). The lowest BCUT2D eigenvalue weighted by atomic mass is 9.97. The largest absolute Gasteiger partial charge is 0.437 e. The van der Waals surface area contributed by atoms with Crippen LogP contribution in [-0.4, -0.2) is 47.7 Å². The highest BCUT2D eigenvalue weighted by Gasteiger charge is 2.30. The van der Waals surface area contributed by atoms with Gasteiger partial charge in [-0.05, 0) is 179 Å². The van der Waals surface area contributed by atoms with Crippen LogP contribution in [0.3, 0.4) is 0 Å². The number of hydrogen-bond donors (Lipinski definition) is 0. The first-order valence-corrected chi connectivity index (χ1v) is 43.2. The Morgan fingerprint density at radius 2 is 0.742 bits per heavy atom. The number of benzene rings is 10. The van der Waals surface area contributed by atoms with Crippen molar-refractivity contribution in [1.82, 2.24) is 34.5 Å². The Balaban J connectivity index is 0.0000000990. The molecule has 0 saturated heterocycles. The van der Waals surface area contributed by atoms with E-state index in [0.29, 0.717) is 45.1 Å². The van der Waals surface area contributed by atoms with Crippen LogP contribution < -0.4 is 23.3 Å². The van der Waals surface area contributed by atoms with Gasteiger partial charge in [0.2, 0.25) is 45.6 Å². The monoisotopic (exact) mass is 1680 g/mol. The predicted molar refractivity (Wildman–Crippen MR) is 517 cm³/mol. The van der Waals surface area contributed by atoms with Gasteiger partial charge >= 0.3 is 0 Å². The van der Waals surface area contributed by atoms with Crippen LogP contribution in [0.15, 0.2) is 320 Å². The predicted octanol–water partition coefficient (Wildman–Crippen LogP) is 25.1. The van der Waals surface area contributed by atoms with Crippen LogP contribution in [0, 0.1) is 48.4 Å². The van der Waals surface area contributed by atoms with Gasteiger partial charge in [-0.3, -0.25) is 0 Å². The van der Waals surface area contributed by atoms with Gasteiger partial charge in [0, 0.05) is 147 Å². The summed E-state index contributed by atoms with van der Waals surface area (Å²) in [6, 6.07) is 86.8. The first kappa shape index (κ1) is 75.9. The van der Waals surface area contributed by atoms with Crippen molar-refractivity contribution in [3.8, 4) is 39.5 Å². The van der Waals surface area contributed by atoms with Gasteiger partial charge in [0.05, 0.1) is 56.2 Å². The first-order chi connectivity index (χ1) is 63.5. The number of rotatable bonds is 6. The van der Waals surface area contributed by atoms with Crippen LogP contribution in [0.1, 0.15) is 62.5 Å². The van der Waals surface area contributed by atoms with E-state index in [-0.39, 0.29) is 6.17 Å². The Bertz CT molecular complexity index is 8820. The summed E-state index contributed by atoms with van der Waals surface area (Å²) in [6.07, 6.45) is 15.7. The molecule has 0 radical (unpaired) electrons. The van der Waals surface area contributed by atoms with Crippen molar-refractivity contribution in [2.24, 2.45) is 28.2 Å². The Morgan fingerprint density at radius 3 is 1.20 bits per heavy atom. The van der Waals surface area contributed by atoms with E-state index in [1.165, 1.54) is 33.5 Å². The van der Waals surface area contributed by atoms with Crippen LogP contribution >= 0.6 is 0 Å². The second-order valence-electron chi connectivity index (χ2n) is 33.7. The standard InChI is InChI=1S/C24H21N2O.2C23H19N2O.C21H19N3O.C20H16N3O/c1-4-16-11-12-26(3)21(13-16)22-15(2)9-10-18-19-14-17-7-5-6-8-20(17)25-24(19)27-23(18)22;1-14-12-15(2)21(19-10-6-7-11-25(19)3)22-20(14)17-13-16-8-4-5-9-18(16)24-23(17)26-22;1-14-10-11-25(3)20(12-14)21-15(2)8-9-17-18-13-16-6-4-5-7-19(16)24-23(18)26-22(17)21;1-13-8-9-16-17-12-15-6-4-5-7-18(15)22-21(17)25-20(16)19(13)24-11-10-23(3)14(24)2;1-13-8-9-15-16-12-14-6-3-4-7-17(14)21-20(16)24-19(15)18(13)23-11-5-10-22(23)2/h5-14H,4H2,1-3H3;2*4-13H,1-3H3;4-12,14H,1-3H3;3-12H,1-2H3/q3*+1;;+1/t;;;14-;/m...0./s1/i;1D3;;;. The lowest BCUT2D eigenvalue weighted by molar-refractivity contribution is -0.744. The maximum Gasteiger partial charge on any atom is 0.228 e. The van der Waals surface area contributed by atoms with E-state index in [0.717, 1.165) is 182 Å². The molecule has 0 bridgehead atoms. The molecule has 17 nitrogen and oxygen atoms in total. The average molecular weight is 1680 g/mol. The molecule has 128 heavy (non-hydrogen) atoms. The van der Waals surface area contributed by atoms with E-state index in [4.69, 9.17) is 46.1 Å². The highest BCUT2D eigenvalue weighted by atomic mass is 16.4. The number of nitrogens with zero attached hydrogens (tertiary/aromatic N) is 12. The molecule has 0 spiro atoms. The zero-order chi connectivity index (χ0) is 90.1. The number of aryl methyl sites for hydroxylation is 12. The summed E-state index contributed by atoms with van der Waals surface area (Å²) in [7, 11) is 10.2. The molecule has 1 atom stereocenters. The maximum absolute atomic E-state index is 8.11. The lowest BCUT2D eigenvalue weighted by Crippen LogP contribution is -2.37.